The molecule has 92 valence electrons. The lowest BCUT2D eigenvalue weighted by Crippen LogP contribution is -2.38. The largest absolute Gasteiger partial charge is 0.298 e. The van der Waals surface area contributed by atoms with Crippen molar-refractivity contribution in [2.75, 3.05) is 0 Å². The summed E-state index contributed by atoms with van der Waals surface area (Å²) in [6.45, 7) is 6.12. The Kier molecular flexibility index (Phi) is 3.32. The molecule has 2 nitrogen and oxygen atoms in total. The third-order valence-electron chi connectivity index (χ3n) is 4.74. The predicted octanol–water partition coefficient (Wildman–Crippen LogP) is 3.08. The molecule has 0 spiro atoms. The van der Waals surface area contributed by atoms with Gasteiger partial charge in [0.25, 0.3) is 0 Å². The van der Waals surface area contributed by atoms with Gasteiger partial charge in [-0.25, -0.2) is 0 Å². The molecule has 0 saturated heterocycles. The van der Waals surface area contributed by atoms with E-state index in [1.165, 1.54) is 0 Å². The summed E-state index contributed by atoms with van der Waals surface area (Å²) in [5.74, 6) is 0.594. The molecule has 0 aromatic heterocycles. The highest BCUT2D eigenvalue weighted by Gasteiger charge is 2.43. The lowest BCUT2D eigenvalue weighted by Gasteiger charge is -2.47. The van der Waals surface area contributed by atoms with Crippen molar-refractivity contribution in [1.82, 2.24) is 0 Å². The number of rotatable bonds is 3. The molecule has 3 atom stereocenters. The van der Waals surface area contributed by atoms with Crippen molar-refractivity contribution in [3.05, 3.63) is 23.8 Å². The molecule has 0 amide bonds. The molecule has 0 unspecified atom stereocenters. The third kappa shape index (κ3) is 2.13. The number of allylic oxidation sites excluding steroid dienone is 3. The fourth-order valence-electron chi connectivity index (χ4n) is 3.48. The standard InChI is InChI=1S/C15H20O2/c1-11(9-16)12-5-7-15(2)6-3-4-13(10-17)14(15)8-12/h4,9-10,12,14H,1,3,5-8H2,2H3/t12-,14+,15-/m1/s1. The molecule has 0 radical (unpaired) electrons. The van der Waals surface area contributed by atoms with Gasteiger partial charge in [-0.2, -0.15) is 0 Å². The van der Waals surface area contributed by atoms with Crippen molar-refractivity contribution in [2.24, 2.45) is 17.3 Å². The van der Waals surface area contributed by atoms with Crippen LogP contribution in [0.3, 0.4) is 0 Å². The van der Waals surface area contributed by atoms with Gasteiger partial charge in [-0.1, -0.05) is 19.6 Å². The van der Waals surface area contributed by atoms with E-state index in [0.717, 1.165) is 50.2 Å². The van der Waals surface area contributed by atoms with Gasteiger partial charge in [-0.05, 0) is 60.5 Å². The maximum atomic E-state index is 11.1. The minimum Gasteiger partial charge on any atom is -0.298 e. The van der Waals surface area contributed by atoms with Crippen LogP contribution in [0, 0.1) is 17.3 Å². The highest BCUT2D eigenvalue weighted by atomic mass is 16.1. The third-order valence-corrected chi connectivity index (χ3v) is 4.74. The van der Waals surface area contributed by atoms with E-state index in [1.807, 2.05) is 0 Å². The molecule has 0 aliphatic heterocycles. The molecule has 0 bridgehead atoms. The molecule has 0 N–H and O–H groups in total. The van der Waals surface area contributed by atoms with Gasteiger partial charge in [0.05, 0.1) is 0 Å². The van der Waals surface area contributed by atoms with Gasteiger partial charge in [0.2, 0.25) is 0 Å². The van der Waals surface area contributed by atoms with Gasteiger partial charge in [0, 0.05) is 0 Å². The van der Waals surface area contributed by atoms with Crippen LogP contribution in [-0.4, -0.2) is 12.6 Å². The number of fused-ring (bicyclic) bond motifs is 1. The summed E-state index contributed by atoms with van der Waals surface area (Å²) >= 11 is 0. The predicted molar refractivity (Wildman–Crippen MR) is 67.5 cm³/mol. The summed E-state index contributed by atoms with van der Waals surface area (Å²) < 4.78 is 0. The Hall–Kier alpha value is -1.18. The van der Waals surface area contributed by atoms with Gasteiger partial charge < -0.3 is 0 Å². The minimum atomic E-state index is 0.255. The van der Waals surface area contributed by atoms with Crippen LogP contribution in [0.2, 0.25) is 0 Å². The van der Waals surface area contributed by atoms with Crippen LogP contribution in [-0.2, 0) is 9.59 Å². The van der Waals surface area contributed by atoms with E-state index < -0.39 is 0 Å². The Labute approximate surface area is 103 Å². The van der Waals surface area contributed by atoms with Gasteiger partial charge in [0.1, 0.15) is 12.6 Å². The first kappa shape index (κ1) is 12.3. The average Bonchev–Trinajstić information content (AvgIpc) is 2.35. The second kappa shape index (κ2) is 4.59. The first-order chi connectivity index (χ1) is 8.10. The number of aldehydes is 2. The smallest absolute Gasteiger partial charge is 0.146 e. The molecule has 0 heterocycles. The number of carbonyl (C=O) groups excluding carboxylic acids is 2. The van der Waals surface area contributed by atoms with Crippen LogP contribution < -0.4 is 0 Å². The van der Waals surface area contributed by atoms with Gasteiger partial charge in [0.15, 0.2) is 0 Å². The summed E-state index contributed by atoms with van der Waals surface area (Å²) in [6, 6.07) is 0. The summed E-state index contributed by atoms with van der Waals surface area (Å²) in [6.07, 6.45) is 9.19. The Balaban J connectivity index is 2.22. The number of hydrogen-bond donors (Lipinski definition) is 0. The maximum absolute atomic E-state index is 11.1. The van der Waals surface area contributed by atoms with Crippen molar-refractivity contribution in [2.45, 2.75) is 39.0 Å². The van der Waals surface area contributed by atoms with Gasteiger partial charge in [-0.15, -0.1) is 0 Å². The second-order valence-corrected chi connectivity index (χ2v) is 5.73. The maximum Gasteiger partial charge on any atom is 0.146 e. The summed E-state index contributed by atoms with van der Waals surface area (Å²) in [7, 11) is 0. The quantitative estimate of drug-likeness (QED) is 0.553. The van der Waals surface area contributed by atoms with E-state index in [-0.39, 0.29) is 11.3 Å². The lowest BCUT2D eigenvalue weighted by atomic mass is 9.57. The lowest BCUT2D eigenvalue weighted by molar-refractivity contribution is -0.106. The van der Waals surface area contributed by atoms with Crippen molar-refractivity contribution in [3.8, 4) is 0 Å². The minimum absolute atomic E-state index is 0.255. The Bertz CT molecular complexity index is 380. The molecule has 2 heteroatoms. The molecular weight excluding hydrogens is 212 g/mol. The Morgan fingerprint density at radius 3 is 2.88 bits per heavy atom. The van der Waals surface area contributed by atoms with Crippen LogP contribution >= 0.6 is 0 Å². The molecule has 2 aliphatic rings. The monoisotopic (exact) mass is 232 g/mol. The van der Waals surface area contributed by atoms with Crippen LogP contribution in [0.1, 0.15) is 39.0 Å². The summed E-state index contributed by atoms with van der Waals surface area (Å²) in [5, 5.41) is 0. The molecule has 2 aliphatic carbocycles. The zero-order valence-electron chi connectivity index (χ0n) is 10.4. The van der Waals surface area contributed by atoms with Crippen LogP contribution in [0.15, 0.2) is 23.8 Å². The highest BCUT2D eigenvalue weighted by molar-refractivity contribution is 5.75. The van der Waals surface area contributed by atoms with Crippen molar-refractivity contribution < 1.29 is 9.59 Å². The zero-order valence-corrected chi connectivity index (χ0v) is 10.4. The zero-order chi connectivity index (χ0) is 12.5. The topological polar surface area (TPSA) is 34.1 Å². The van der Waals surface area contributed by atoms with Crippen LogP contribution in [0.5, 0.6) is 0 Å². The van der Waals surface area contributed by atoms with Crippen LogP contribution in [0.25, 0.3) is 0 Å². The van der Waals surface area contributed by atoms with E-state index in [2.05, 4.69) is 19.6 Å². The van der Waals surface area contributed by atoms with Crippen molar-refractivity contribution in [3.63, 3.8) is 0 Å². The van der Waals surface area contributed by atoms with E-state index in [1.54, 1.807) is 0 Å². The van der Waals surface area contributed by atoms with E-state index in [9.17, 15) is 9.59 Å². The number of hydrogen-bond acceptors (Lipinski definition) is 2. The molecule has 0 aromatic rings. The molecule has 0 aromatic carbocycles. The summed E-state index contributed by atoms with van der Waals surface area (Å²) in [4.78, 5) is 22.0. The normalized spacial score (nSPS) is 36.6. The molecule has 2 rings (SSSR count). The van der Waals surface area contributed by atoms with Crippen molar-refractivity contribution in [1.29, 1.82) is 0 Å². The Morgan fingerprint density at radius 1 is 1.47 bits per heavy atom. The fourth-order valence-corrected chi connectivity index (χ4v) is 3.48. The average molecular weight is 232 g/mol. The first-order valence-corrected chi connectivity index (χ1v) is 6.40. The highest BCUT2D eigenvalue weighted by Crippen LogP contribution is 2.52. The fraction of sp³-hybridized carbons (Fsp3) is 0.600. The summed E-state index contributed by atoms with van der Waals surface area (Å²) in [5.41, 5.74) is 1.90. The van der Waals surface area contributed by atoms with E-state index in [0.29, 0.717) is 11.5 Å². The van der Waals surface area contributed by atoms with Gasteiger partial charge in [-0.3, -0.25) is 9.59 Å². The van der Waals surface area contributed by atoms with Gasteiger partial charge >= 0.3 is 0 Å². The first-order valence-electron chi connectivity index (χ1n) is 6.40. The second-order valence-electron chi connectivity index (χ2n) is 5.73. The number of carbonyl (C=O) groups is 2. The Morgan fingerprint density at radius 2 is 2.24 bits per heavy atom. The van der Waals surface area contributed by atoms with E-state index in [4.69, 9.17) is 0 Å². The molecular formula is C15H20O2. The molecule has 1 saturated carbocycles. The molecule has 1 fully saturated rings. The van der Waals surface area contributed by atoms with Crippen molar-refractivity contribution >= 4 is 12.6 Å². The van der Waals surface area contributed by atoms with Crippen LogP contribution in [0.4, 0.5) is 0 Å². The SMILES string of the molecule is C=C(C=O)[C@@H]1CC[C@@]2(C)CCC=C(C=O)[C@@H]2C1. The molecule has 17 heavy (non-hydrogen) atoms. The van der Waals surface area contributed by atoms with E-state index >= 15 is 0 Å².